The van der Waals surface area contributed by atoms with Gasteiger partial charge in [-0.2, -0.15) is 0 Å². The van der Waals surface area contributed by atoms with E-state index in [1.54, 1.807) is 30.3 Å². The van der Waals surface area contributed by atoms with Crippen LogP contribution in [0.3, 0.4) is 0 Å². The Hall–Kier alpha value is -4.00. The fraction of sp³-hybridized carbons (Fsp3) is 0.478. The van der Waals surface area contributed by atoms with Crippen LogP contribution in [0.15, 0.2) is 30.3 Å². The smallest absolute Gasteiger partial charge is 0.326 e. The molecule has 1 heterocycles. The van der Waals surface area contributed by atoms with Crippen LogP contribution in [0.2, 0.25) is 0 Å². The third-order valence-corrected chi connectivity index (χ3v) is 5.76. The molecule has 8 N–H and O–H groups in total. The number of carbonyl (C=O) groups is 6. The summed E-state index contributed by atoms with van der Waals surface area (Å²) in [7, 11) is 0. The van der Waals surface area contributed by atoms with Gasteiger partial charge < -0.3 is 37.2 Å². The van der Waals surface area contributed by atoms with Crippen LogP contribution in [0.5, 0.6) is 0 Å². The Morgan fingerprint density at radius 3 is 2.22 bits per heavy atom. The Kier molecular flexibility index (Phi) is 10.3. The minimum Gasteiger partial charge on any atom is -0.481 e. The highest BCUT2D eigenvalue weighted by Gasteiger charge is 2.39. The Labute approximate surface area is 207 Å². The van der Waals surface area contributed by atoms with E-state index in [4.69, 9.17) is 16.6 Å². The first-order valence-corrected chi connectivity index (χ1v) is 11.4. The molecule has 1 aliphatic heterocycles. The quantitative estimate of drug-likeness (QED) is 0.180. The number of carboxylic acids is 2. The average Bonchev–Trinajstić information content (AvgIpc) is 3.31. The third-order valence-electron chi connectivity index (χ3n) is 5.76. The van der Waals surface area contributed by atoms with Crippen LogP contribution in [0.4, 0.5) is 0 Å². The number of benzene rings is 1. The van der Waals surface area contributed by atoms with E-state index >= 15 is 0 Å². The summed E-state index contributed by atoms with van der Waals surface area (Å²) in [4.78, 5) is 73.8. The summed E-state index contributed by atoms with van der Waals surface area (Å²) in [6.07, 6.45) is -0.599. The Bertz CT molecular complexity index is 986. The highest BCUT2D eigenvalue weighted by molar-refractivity contribution is 5.96. The van der Waals surface area contributed by atoms with Crippen molar-refractivity contribution in [2.24, 2.45) is 11.5 Å². The second-order valence-corrected chi connectivity index (χ2v) is 8.55. The van der Waals surface area contributed by atoms with Gasteiger partial charge in [0.1, 0.15) is 18.1 Å². The first-order chi connectivity index (χ1) is 17.0. The predicted octanol–water partition coefficient (Wildman–Crippen LogP) is -1.66. The second-order valence-electron chi connectivity index (χ2n) is 8.55. The molecule has 0 aliphatic carbocycles. The van der Waals surface area contributed by atoms with Gasteiger partial charge in [-0.3, -0.25) is 24.0 Å². The van der Waals surface area contributed by atoms with Crippen molar-refractivity contribution in [2.75, 3.05) is 6.54 Å². The lowest BCUT2D eigenvalue weighted by molar-refractivity contribution is -0.149. The van der Waals surface area contributed by atoms with Crippen LogP contribution in [-0.4, -0.2) is 81.4 Å². The van der Waals surface area contributed by atoms with Crippen LogP contribution >= 0.6 is 0 Å². The summed E-state index contributed by atoms with van der Waals surface area (Å²) < 4.78 is 0. The van der Waals surface area contributed by atoms with Crippen molar-refractivity contribution in [3.05, 3.63) is 35.9 Å². The molecule has 13 heteroatoms. The van der Waals surface area contributed by atoms with Crippen molar-refractivity contribution in [3.8, 4) is 0 Å². The monoisotopic (exact) mass is 505 g/mol. The summed E-state index contributed by atoms with van der Waals surface area (Å²) in [5.41, 5.74) is 12.0. The molecule has 196 valence electrons. The second kappa shape index (κ2) is 13.2. The molecule has 13 nitrogen and oxygen atoms in total. The molecule has 0 radical (unpaired) electrons. The summed E-state index contributed by atoms with van der Waals surface area (Å²) >= 11 is 0. The van der Waals surface area contributed by atoms with Crippen molar-refractivity contribution >= 4 is 35.6 Å². The van der Waals surface area contributed by atoms with Gasteiger partial charge in [0.25, 0.3) is 0 Å². The maximum absolute atomic E-state index is 13.0. The third kappa shape index (κ3) is 8.34. The molecule has 0 saturated carbocycles. The molecule has 36 heavy (non-hydrogen) atoms. The van der Waals surface area contributed by atoms with E-state index in [0.717, 1.165) is 10.5 Å². The zero-order chi connectivity index (χ0) is 26.8. The van der Waals surface area contributed by atoms with Crippen molar-refractivity contribution in [3.63, 3.8) is 0 Å². The number of rotatable bonds is 13. The molecule has 0 bridgehead atoms. The molecule has 1 aliphatic rings. The average molecular weight is 506 g/mol. The number of amides is 4. The summed E-state index contributed by atoms with van der Waals surface area (Å²) in [5.74, 6) is -5.81. The van der Waals surface area contributed by atoms with Crippen molar-refractivity contribution in [1.29, 1.82) is 0 Å². The van der Waals surface area contributed by atoms with Crippen LogP contribution in [0.1, 0.15) is 37.7 Å². The number of hydrogen-bond donors (Lipinski definition) is 6. The Morgan fingerprint density at radius 1 is 1.00 bits per heavy atom. The van der Waals surface area contributed by atoms with E-state index in [0.29, 0.717) is 6.42 Å². The highest BCUT2D eigenvalue weighted by atomic mass is 16.4. The van der Waals surface area contributed by atoms with Crippen molar-refractivity contribution in [1.82, 2.24) is 15.5 Å². The lowest BCUT2D eigenvalue weighted by atomic mass is 10.0. The topological polar surface area (TPSA) is 222 Å². The number of hydrogen-bond acceptors (Lipinski definition) is 7. The number of likely N-dealkylation sites (tertiary alicyclic amines) is 1. The van der Waals surface area contributed by atoms with Gasteiger partial charge in [-0.15, -0.1) is 0 Å². The minimum absolute atomic E-state index is 0.119. The zero-order valence-electron chi connectivity index (χ0n) is 19.6. The standard InChI is InChI=1S/C23H31N5O8/c24-14(11-13-5-2-1-3-6-13)20(32)26-15(8-9-19(30)31)21(33)27-16(12-18(25)29)22(34)28-10-4-7-17(28)23(35)36/h1-3,5-6,14-17H,4,7-12,24H2,(H2,25,29)(H,26,32)(H,27,33)(H,30,31)(H,35,36). The summed E-state index contributed by atoms with van der Waals surface area (Å²) in [6.45, 7) is 0.119. The Morgan fingerprint density at radius 2 is 1.64 bits per heavy atom. The van der Waals surface area contributed by atoms with Crippen molar-refractivity contribution in [2.45, 2.75) is 62.7 Å². The van der Waals surface area contributed by atoms with Crippen LogP contribution in [0, 0.1) is 0 Å². The van der Waals surface area contributed by atoms with Crippen LogP contribution in [-0.2, 0) is 35.2 Å². The molecule has 1 aromatic carbocycles. The first kappa shape index (κ1) is 28.2. The summed E-state index contributed by atoms with van der Waals surface area (Å²) in [5, 5.41) is 23.1. The van der Waals surface area contributed by atoms with Gasteiger partial charge in [-0.1, -0.05) is 30.3 Å². The van der Waals surface area contributed by atoms with E-state index < -0.39 is 72.6 Å². The van der Waals surface area contributed by atoms with E-state index in [1.807, 2.05) is 0 Å². The normalized spacial score (nSPS) is 17.5. The zero-order valence-corrected chi connectivity index (χ0v) is 19.6. The van der Waals surface area contributed by atoms with Gasteiger partial charge in [-0.05, 0) is 31.2 Å². The van der Waals surface area contributed by atoms with Gasteiger partial charge >= 0.3 is 11.9 Å². The molecular formula is C23H31N5O8. The largest absolute Gasteiger partial charge is 0.481 e. The number of nitrogens with zero attached hydrogens (tertiary/aromatic N) is 1. The van der Waals surface area contributed by atoms with Gasteiger partial charge in [0, 0.05) is 13.0 Å². The van der Waals surface area contributed by atoms with Gasteiger partial charge in [-0.25, -0.2) is 4.79 Å². The fourth-order valence-corrected chi connectivity index (χ4v) is 3.94. The molecular weight excluding hydrogens is 474 g/mol. The van der Waals surface area contributed by atoms with E-state index in [-0.39, 0.29) is 25.8 Å². The first-order valence-electron chi connectivity index (χ1n) is 11.4. The number of carbonyl (C=O) groups excluding carboxylic acids is 4. The fourth-order valence-electron chi connectivity index (χ4n) is 3.94. The number of nitrogens with one attached hydrogen (secondary N) is 2. The molecule has 1 aromatic rings. The SMILES string of the molecule is NC(=O)CC(NC(=O)C(CCC(=O)O)NC(=O)C(N)Cc1ccccc1)C(=O)N1CCCC1C(=O)O. The molecule has 0 spiro atoms. The molecule has 4 atom stereocenters. The minimum atomic E-state index is -1.49. The Balaban J connectivity index is 2.15. The maximum atomic E-state index is 13.0. The molecule has 4 unspecified atom stereocenters. The lowest BCUT2D eigenvalue weighted by Crippen LogP contribution is -2.58. The molecule has 1 fully saturated rings. The summed E-state index contributed by atoms with van der Waals surface area (Å²) in [6, 6.07) is 3.85. The maximum Gasteiger partial charge on any atom is 0.326 e. The number of primary amides is 1. The van der Waals surface area contributed by atoms with Crippen LogP contribution < -0.4 is 22.1 Å². The molecule has 4 amide bonds. The predicted molar refractivity (Wildman–Crippen MR) is 125 cm³/mol. The van der Waals surface area contributed by atoms with E-state index in [1.165, 1.54) is 0 Å². The molecule has 0 aromatic heterocycles. The molecule has 1 saturated heterocycles. The lowest BCUT2D eigenvalue weighted by Gasteiger charge is -2.28. The van der Waals surface area contributed by atoms with E-state index in [2.05, 4.69) is 10.6 Å². The number of aliphatic carboxylic acids is 2. The van der Waals surface area contributed by atoms with Crippen molar-refractivity contribution < 1.29 is 39.0 Å². The number of carboxylic acid groups (broad SMARTS) is 2. The number of nitrogens with two attached hydrogens (primary N) is 2. The van der Waals surface area contributed by atoms with Gasteiger partial charge in [0.2, 0.25) is 23.6 Å². The van der Waals surface area contributed by atoms with Gasteiger partial charge in [0.05, 0.1) is 12.5 Å². The highest BCUT2D eigenvalue weighted by Crippen LogP contribution is 2.19. The molecule has 2 rings (SSSR count). The van der Waals surface area contributed by atoms with Crippen LogP contribution in [0.25, 0.3) is 0 Å². The van der Waals surface area contributed by atoms with Gasteiger partial charge in [0.15, 0.2) is 0 Å². The van der Waals surface area contributed by atoms with E-state index in [9.17, 15) is 33.9 Å².